The molecule has 0 spiro atoms. The van der Waals surface area contributed by atoms with E-state index in [9.17, 15) is 9.59 Å². The normalized spacial score (nSPS) is 19.1. The van der Waals surface area contributed by atoms with E-state index in [4.69, 9.17) is 11.6 Å². The molecule has 6 nitrogen and oxygen atoms in total. The fourth-order valence-electron chi connectivity index (χ4n) is 4.33. The molecule has 156 valence electrons. The Morgan fingerprint density at radius 2 is 1.86 bits per heavy atom. The molecule has 8 heteroatoms. The molecular weight excluding hydrogens is 396 g/mol. The predicted octanol–water partition coefficient (Wildman–Crippen LogP) is 5.00. The number of anilines is 1. The molecule has 0 unspecified atom stereocenters. The van der Waals surface area contributed by atoms with Gasteiger partial charge in [-0.2, -0.15) is 0 Å². The average Bonchev–Trinajstić information content (AvgIpc) is 3.07. The lowest BCUT2D eigenvalue weighted by Crippen LogP contribution is -2.54. The standard InChI is InChI=1S/C20H31ClN4O2S/c1-14(2)12-18(26)24-10-8-16(9-11-24)25(15-6-4-3-5-7-15)20(27)23-19-22-13-17(21)28-19/h13-16H,3-12H2,1-2H3,(H,22,23,27). The minimum Gasteiger partial charge on any atom is -0.343 e. The molecule has 3 rings (SSSR count). The lowest BCUT2D eigenvalue weighted by molar-refractivity contribution is -0.133. The van der Waals surface area contributed by atoms with Crippen molar-refractivity contribution in [2.45, 2.75) is 77.3 Å². The van der Waals surface area contributed by atoms with Gasteiger partial charge in [0.25, 0.3) is 0 Å². The zero-order chi connectivity index (χ0) is 20.1. The van der Waals surface area contributed by atoms with Crippen molar-refractivity contribution in [2.24, 2.45) is 5.92 Å². The number of aromatic nitrogens is 1. The van der Waals surface area contributed by atoms with Crippen LogP contribution in [0.4, 0.5) is 9.93 Å². The lowest BCUT2D eigenvalue weighted by atomic mass is 9.91. The molecule has 1 aromatic heterocycles. The highest BCUT2D eigenvalue weighted by Crippen LogP contribution is 2.30. The average molecular weight is 427 g/mol. The molecule has 3 amide bonds. The van der Waals surface area contributed by atoms with E-state index in [1.54, 1.807) is 6.20 Å². The maximum absolute atomic E-state index is 13.1. The van der Waals surface area contributed by atoms with Crippen molar-refractivity contribution in [3.63, 3.8) is 0 Å². The van der Waals surface area contributed by atoms with Crippen molar-refractivity contribution in [3.8, 4) is 0 Å². The van der Waals surface area contributed by atoms with E-state index in [0.717, 1.165) is 38.8 Å². The Kier molecular flexibility index (Phi) is 7.57. The van der Waals surface area contributed by atoms with Crippen LogP contribution in [0.3, 0.4) is 0 Å². The molecular formula is C20H31ClN4O2S. The molecule has 2 aliphatic rings. The zero-order valence-corrected chi connectivity index (χ0v) is 18.4. The van der Waals surface area contributed by atoms with Crippen molar-refractivity contribution in [3.05, 3.63) is 10.5 Å². The fourth-order valence-corrected chi connectivity index (χ4v) is 5.13. The molecule has 0 aromatic carbocycles. The summed E-state index contributed by atoms with van der Waals surface area (Å²) in [5, 5.41) is 3.49. The molecule has 1 N–H and O–H groups in total. The third-order valence-corrected chi connectivity index (χ3v) is 6.72. The summed E-state index contributed by atoms with van der Waals surface area (Å²) < 4.78 is 0.566. The number of thiazole rings is 1. The largest absolute Gasteiger partial charge is 0.343 e. The minimum atomic E-state index is -0.0788. The number of hydrogen-bond donors (Lipinski definition) is 1. The molecule has 1 saturated heterocycles. The topological polar surface area (TPSA) is 65.5 Å². The summed E-state index contributed by atoms with van der Waals surface area (Å²) in [6.07, 6.45) is 9.53. The summed E-state index contributed by atoms with van der Waals surface area (Å²) in [6.45, 7) is 5.61. The maximum atomic E-state index is 13.1. The molecule has 1 aliphatic heterocycles. The van der Waals surface area contributed by atoms with E-state index in [0.29, 0.717) is 21.8 Å². The first-order valence-electron chi connectivity index (χ1n) is 10.4. The number of amides is 3. The van der Waals surface area contributed by atoms with Crippen LogP contribution in [0.25, 0.3) is 0 Å². The van der Waals surface area contributed by atoms with Gasteiger partial charge in [0.2, 0.25) is 5.91 Å². The Hall–Kier alpha value is -1.34. The van der Waals surface area contributed by atoms with Gasteiger partial charge in [0, 0.05) is 31.6 Å². The number of piperidine rings is 1. The Labute approximate surface area is 176 Å². The van der Waals surface area contributed by atoms with Crippen LogP contribution in [0.5, 0.6) is 0 Å². The smallest absolute Gasteiger partial charge is 0.324 e. The van der Waals surface area contributed by atoms with E-state index in [-0.39, 0.29) is 24.0 Å². The second-order valence-electron chi connectivity index (χ2n) is 8.31. The van der Waals surface area contributed by atoms with Gasteiger partial charge in [-0.1, -0.05) is 56.0 Å². The maximum Gasteiger partial charge on any atom is 0.324 e. The van der Waals surface area contributed by atoms with Gasteiger partial charge in [-0.05, 0) is 31.6 Å². The van der Waals surface area contributed by atoms with Crippen LogP contribution in [0.2, 0.25) is 4.34 Å². The minimum absolute atomic E-state index is 0.0788. The van der Waals surface area contributed by atoms with Gasteiger partial charge in [0.15, 0.2) is 5.13 Å². The second kappa shape index (κ2) is 9.92. The predicted molar refractivity (Wildman–Crippen MR) is 114 cm³/mol. The molecule has 1 aromatic rings. The van der Waals surface area contributed by atoms with Gasteiger partial charge in [0.05, 0.1) is 6.20 Å². The summed E-state index contributed by atoms with van der Waals surface area (Å²) >= 11 is 7.24. The molecule has 2 fully saturated rings. The van der Waals surface area contributed by atoms with Crippen LogP contribution in [0.1, 0.15) is 65.2 Å². The Balaban J connectivity index is 1.65. The van der Waals surface area contributed by atoms with Gasteiger partial charge in [-0.3, -0.25) is 10.1 Å². The summed E-state index contributed by atoms with van der Waals surface area (Å²) in [5.41, 5.74) is 0. The summed E-state index contributed by atoms with van der Waals surface area (Å²) in [5.74, 6) is 0.611. The molecule has 0 atom stereocenters. The van der Waals surface area contributed by atoms with Crippen LogP contribution >= 0.6 is 22.9 Å². The van der Waals surface area contributed by atoms with Gasteiger partial charge in [-0.25, -0.2) is 9.78 Å². The van der Waals surface area contributed by atoms with Crippen molar-refractivity contribution in [2.75, 3.05) is 18.4 Å². The molecule has 0 bridgehead atoms. The van der Waals surface area contributed by atoms with Gasteiger partial charge >= 0.3 is 6.03 Å². The number of likely N-dealkylation sites (tertiary alicyclic amines) is 1. The zero-order valence-electron chi connectivity index (χ0n) is 16.8. The molecule has 0 radical (unpaired) electrons. The summed E-state index contributed by atoms with van der Waals surface area (Å²) in [6, 6.07) is 0.360. The highest BCUT2D eigenvalue weighted by atomic mass is 35.5. The van der Waals surface area contributed by atoms with Crippen LogP contribution in [-0.2, 0) is 4.79 Å². The first-order valence-corrected chi connectivity index (χ1v) is 11.6. The first-order chi connectivity index (χ1) is 13.4. The van der Waals surface area contributed by atoms with Crippen molar-refractivity contribution in [1.29, 1.82) is 0 Å². The third-order valence-electron chi connectivity index (χ3n) is 5.69. The van der Waals surface area contributed by atoms with Gasteiger partial charge in [0.1, 0.15) is 4.34 Å². The Morgan fingerprint density at radius 1 is 1.21 bits per heavy atom. The molecule has 1 saturated carbocycles. The quantitative estimate of drug-likeness (QED) is 0.720. The van der Waals surface area contributed by atoms with Crippen molar-refractivity contribution >= 4 is 40.0 Å². The molecule has 1 aliphatic carbocycles. The van der Waals surface area contributed by atoms with Crippen molar-refractivity contribution < 1.29 is 9.59 Å². The van der Waals surface area contributed by atoms with E-state index >= 15 is 0 Å². The number of carbonyl (C=O) groups is 2. The number of hydrogen-bond acceptors (Lipinski definition) is 4. The van der Waals surface area contributed by atoms with Crippen LogP contribution in [0.15, 0.2) is 6.20 Å². The first kappa shape index (κ1) is 21.4. The fraction of sp³-hybridized carbons (Fsp3) is 0.750. The highest BCUT2D eigenvalue weighted by molar-refractivity contribution is 7.19. The monoisotopic (exact) mass is 426 g/mol. The van der Waals surface area contributed by atoms with Crippen LogP contribution in [-0.4, -0.2) is 51.9 Å². The highest BCUT2D eigenvalue weighted by Gasteiger charge is 2.35. The number of rotatable bonds is 5. The van der Waals surface area contributed by atoms with Crippen LogP contribution in [0, 0.1) is 5.92 Å². The molecule has 2 heterocycles. The number of carbonyl (C=O) groups excluding carboxylic acids is 2. The lowest BCUT2D eigenvalue weighted by Gasteiger charge is -2.43. The van der Waals surface area contributed by atoms with E-state index < -0.39 is 0 Å². The second-order valence-corrected chi connectivity index (χ2v) is 9.97. The van der Waals surface area contributed by atoms with Crippen LogP contribution < -0.4 is 5.32 Å². The van der Waals surface area contributed by atoms with Gasteiger partial charge < -0.3 is 9.80 Å². The number of urea groups is 1. The molecule has 28 heavy (non-hydrogen) atoms. The van der Waals surface area contributed by atoms with E-state index in [2.05, 4.69) is 29.0 Å². The Bertz CT molecular complexity index is 667. The Morgan fingerprint density at radius 3 is 2.43 bits per heavy atom. The van der Waals surface area contributed by atoms with Gasteiger partial charge in [-0.15, -0.1) is 0 Å². The number of nitrogens with one attached hydrogen (secondary N) is 1. The summed E-state index contributed by atoms with van der Waals surface area (Å²) in [7, 11) is 0. The van der Waals surface area contributed by atoms with Crippen molar-refractivity contribution in [1.82, 2.24) is 14.8 Å². The summed E-state index contributed by atoms with van der Waals surface area (Å²) in [4.78, 5) is 33.7. The van der Waals surface area contributed by atoms with E-state index in [1.807, 2.05) is 4.90 Å². The van der Waals surface area contributed by atoms with E-state index in [1.165, 1.54) is 30.6 Å². The number of halogens is 1. The SMILES string of the molecule is CC(C)CC(=O)N1CCC(N(C(=O)Nc2ncc(Cl)s2)C2CCCCC2)CC1. The third kappa shape index (κ3) is 5.60. The number of nitrogens with zero attached hydrogens (tertiary/aromatic N) is 3.